The Balaban J connectivity index is 2.45. The second-order valence-electron chi connectivity index (χ2n) is 3.08. The third kappa shape index (κ3) is 2.35. The molecule has 0 aromatic heterocycles. The molecule has 1 aliphatic rings. The van der Waals surface area contributed by atoms with Crippen LogP contribution in [0.2, 0.25) is 0 Å². The summed E-state index contributed by atoms with van der Waals surface area (Å²) in [5.74, 6) is -0.972. The van der Waals surface area contributed by atoms with E-state index in [1.54, 1.807) is 7.11 Å². The topological polar surface area (TPSA) is 78.9 Å². The summed E-state index contributed by atoms with van der Waals surface area (Å²) < 4.78 is 4.83. The number of carbonyl (C=O) groups is 2. The lowest BCUT2D eigenvalue weighted by Crippen LogP contribution is -2.40. The predicted molar refractivity (Wildman–Crippen MR) is 48.0 cm³/mol. The van der Waals surface area contributed by atoms with Crippen LogP contribution in [-0.4, -0.2) is 54.9 Å². The minimum atomic E-state index is -0.972. The zero-order valence-corrected chi connectivity index (χ0v) is 8.02. The molecule has 80 valence electrons. The van der Waals surface area contributed by atoms with Gasteiger partial charge in [0.2, 0.25) is 0 Å². The van der Waals surface area contributed by atoms with E-state index in [1.807, 2.05) is 0 Å². The molecule has 0 bridgehead atoms. The van der Waals surface area contributed by atoms with Gasteiger partial charge >= 0.3 is 12.0 Å². The van der Waals surface area contributed by atoms with Crippen LogP contribution < -0.4 is 5.32 Å². The van der Waals surface area contributed by atoms with Crippen molar-refractivity contribution in [1.82, 2.24) is 10.2 Å². The minimum absolute atomic E-state index is 0.182. The van der Waals surface area contributed by atoms with E-state index in [0.29, 0.717) is 19.6 Å². The van der Waals surface area contributed by atoms with Crippen LogP contribution in [0.3, 0.4) is 0 Å². The number of nitrogens with zero attached hydrogens (tertiary/aromatic N) is 1. The van der Waals surface area contributed by atoms with E-state index in [9.17, 15) is 9.59 Å². The van der Waals surface area contributed by atoms with Gasteiger partial charge in [0.25, 0.3) is 0 Å². The quantitative estimate of drug-likeness (QED) is 0.589. The SMILES string of the molecule is COCCCN1C(=O)NCC1C(=O)O. The van der Waals surface area contributed by atoms with Gasteiger partial charge in [0, 0.05) is 20.3 Å². The molecule has 0 aliphatic carbocycles. The Bertz CT molecular complexity index is 231. The number of carbonyl (C=O) groups excluding carboxylic acids is 1. The molecule has 0 spiro atoms. The average Bonchev–Trinajstić information content (AvgIpc) is 2.48. The molecular weight excluding hydrogens is 188 g/mol. The van der Waals surface area contributed by atoms with E-state index in [-0.39, 0.29) is 12.6 Å². The van der Waals surface area contributed by atoms with Crippen molar-refractivity contribution in [3.05, 3.63) is 0 Å². The lowest BCUT2D eigenvalue weighted by Gasteiger charge is -2.19. The monoisotopic (exact) mass is 202 g/mol. The number of hydrogen-bond donors (Lipinski definition) is 2. The van der Waals surface area contributed by atoms with Crippen molar-refractivity contribution in [2.24, 2.45) is 0 Å². The molecule has 0 aromatic carbocycles. The first-order valence-corrected chi connectivity index (χ1v) is 4.43. The summed E-state index contributed by atoms with van der Waals surface area (Å²) in [6.07, 6.45) is 0.647. The highest BCUT2D eigenvalue weighted by Crippen LogP contribution is 2.07. The first-order chi connectivity index (χ1) is 6.66. The molecule has 2 N–H and O–H groups in total. The maximum absolute atomic E-state index is 11.2. The summed E-state index contributed by atoms with van der Waals surface area (Å²) in [4.78, 5) is 23.2. The number of hydrogen-bond acceptors (Lipinski definition) is 3. The summed E-state index contributed by atoms with van der Waals surface area (Å²) in [5.41, 5.74) is 0. The number of ether oxygens (including phenoxy) is 1. The molecule has 1 unspecified atom stereocenters. The van der Waals surface area contributed by atoms with E-state index in [4.69, 9.17) is 9.84 Å². The third-order valence-electron chi connectivity index (χ3n) is 2.12. The smallest absolute Gasteiger partial charge is 0.328 e. The van der Waals surface area contributed by atoms with Crippen molar-refractivity contribution in [2.75, 3.05) is 26.8 Å². The van der Waals surface area contributed by atoms with Crippen LogP contribution in [-0.2, 0) is 9.53 Å². The molecule has 1 fully saturated rings. The van der Waals surface area contributed by atoms with Gasteiger partial charge in [0.1, 0.15) is 6.04 Å². The summed E-state index contributed by atoms with van der Waals surface area (Å²) in [7, 11) is 1.57. The Morgan fingerprint density at radius 1 is 1.79 bits per heavy atom. The number of nitrogens with one attached hydrogen (secondary N) is 1. The summed E-state index contributed by atoms with van der Waals surface area (Å²) >= 11 is 0. The Morgan fingerprint density at radius 2 is 2.50 bits per heavy atom. The second kappa shape index (κ2) is 4.80. The van der Waals surface area contributed by atoms with Crippen LogP contribution in [0.25, 0.3) is 0 Å². The normalized spacial score (nSPS) is 21.1. The highest BCUT2D eigenvalue weighted by Gasteiger charge is 2.35. The average molecular weight is 202 g/mol. The van der Waals surface area contributed by atoms with Gasteiger partial charge < -0.3 is 20.1 Å². The van der Waals surface area contributed by atoms with Gasteiger partial charge in [-0.1, -0.05) is 0 Å². The molecule has 0 aromatic rings. The van der Waals surface area contributed by atoms with Crippen LogP contribution >= 0.6 is 0 Å². The number of methoxy groups -OCH3 is 1. The summed E-state index contributed by atoms with van der Waals surface area (Å²) in [6.45, 7) is 1.12. The van der Waals surface area contributed by atoms with Crippen molar-refractivity contribution in [2.45, 2.75) is 12.5 Å². The molecule has 0 radical (unpaired) electrons. The standard InChI is InChI=1S/C8H14N2O4/c1-14-4-2-3-10-6(7(11)12)5-9-8(10)13/h6H,2-5H2,1H3,(H,9,13)(H,11,12). The highest BCUT2D eigenvalue weighted by molar-refractivity contribution is 5.86. The first kappa shape index (κ1) is 10.8. The van der Waals surface area contributed by atoms with Crippen LogP contribution in [0.4, 0.5) is 4.79 Å². The summed E-state index contributed by atoms with van der Waals surface area (Å²) in [5, 5.41) is 11.3. The van der Waals surface area contributed by atoms with Gasteiger partial charge in [0.05, 0.1) is 6.54 Å². The number of amides is 2. The highest BCUT2D eigenvalue weighted by atomic mass is 16.5. The van der Waals surface area contributed by atoms with E-state index in [1.165, 1.54) is 4.90 Å². The molecule has 1 aliphatic heterocycles. The zero-order valence-electron chi connectivity index (χ0n) is 8.02. The van der Waals surface area contributed by atoms with Gasteiger partial charge in [-0.2, -0.15) is 0 Å². The predicted octanol–water partition coefficient (Wildman–Crippen LogP) is -0.499. The number of rotatable bonds is 5. The second-order valence-corrected chi connectivity index (χ2v) is 3.08. The largest absolute Gasteiger partial charge is 0.480 e. The van der Waals surface area contributed by atoms with Crippen molar-refractivity contribution in [3.8, 4) is 0 Å². The van der Waals surface area contributed by atoms with Crippen LogP contribution in [0.15, 0.2) is 0 Å². The first-order valence-electron chi connectivity index (χ1n) is 4.43. The van der Waals surface area contributed by atoms with E-state index in [2.05, 4.69) is 5.32 Å². The number of urea groups is 1. The Kier molecular flexibility index (Phi) is 3.70. The molecule has 0 saturated carbocycles. The number of carboxylic acids is 1. The lowest BCUT2D eigenvalue weighted by molar-refractivity contribution is -0.141. The molecule has 1 heterocycles. The maximum Gasteiger partial charge on any atom is 0.328 e. The van der Waals surface area contributed by atoms with Gasteiger partial charge in [-0.25, -0.2) is 9.59 Å². The Labute approximate surface area is 81.8 Å². The summed E-state index contributed by atoms with van der Waals surface area (Å²) in [6, 6.07) is -1.05. The minimum Gasteiger partial charge on any atom is -0.480 e. The Hall–Kier alpha value is -1.30. The van der Waals surface area contributed by atoms with Crippen LogP contribution in [0, 0.1) is 0 Å². The van der Waals surface area contributed by atoms with E-state index < -0.39 is 12.0 Å². The molecular formula is C8H14N2O4. The molecule has 1 rings (SSSR count). The van der Waals surface area contributed by atoms with Gasteiger partial charge in [-0.05, 0) is 6.42 Å². The lowest BCUT2D eigenvalue weighted by atomic mass is 10.3. The van der Waals surface area contributed by atoms with Crippen LogP contribution in [0.1, 0.15) is 6.42 Å². The molecule has 14 heavy (non-hydrogen) atoms. The Morgan fingerprint density at radius 3 is 3.07 bits per heavy atom. The van der Waals surface area contributed by atoms with Gasteiger partial charge in [-0.15, -0.1) is 0 Å². The fourth-order valence-electron chi connectivity index (χ4n) is 1.39. The van der Waals surface area contributed by atoms with Crippen molar-refractivity contribution in [3.63, 3.8) is 0 Å². The molecule has 1 saturated heterocycles. The van der Waals surface area contributed by atoms with Crippen molar-refractivity contribution in [1.29, 1.82) is 0 Å². The number of aliphatic carboxylic acids is 1. The van der Waals surface area contributed by atoms with Crippen molar-refractivity contribution >= 4 is 12.0 Å². The van der Waals surface area contributed by atoms with Crippen molar-refractivity contribution < 1.29 is 19.4 Å². The van der Waals surface area contributed by atoms with Crippen LogP contribution in [0.5, 0.6) is 0 Å². The maximum atomic E-state index is 11.2. The fourth-order valence-corrected chi connectivity index (χ4v) is 1.39. The van der Waals surface area contributed by atoms with Gasteiger partial charge in [0.15, 0.2) is 0 Å². The molecule has 2 amide bonds. The molecule has 1 atom stereocenters. The molecule has 6 heteroatoms. The molecule has 6 nitrogen and oxygen atoms in total. The van der Waals surface area contributed by atoms with Gasteiger partial charge in [-0.3, -0.25) is 0 Å². The fraction of sp³-hybridized carbons (Fsp3) is 0.750. The third-order valence-corrected chi connectivity index (χ3v) is 2.12. The zero-order chi connectivity index (χ0) is 10.6. The number of carboxylic acid groups (broad SMARTS) is 1. The van der Waals surface area contributed by atoms with E-state index in [0.717, 1.165) is 0 Å². The van der Waals surface area contributed by atoms with E-state index >= 15 is 0 Å².